The van der Waals surface area contributed by atoms with E-state index in [1.54, 1.807) is 37.4 Å². The van der Waals surface area contributed by atoms with Crippen LogP contribution in [0.25, 0.3) is 5.57 Å². The summed E-state index contributed by atoms with van der Waals surface area (Å²) in [7, 11) is 3.74. The van der Waals surface area contributed by atoms with Gasteiger partial charge in [-0.3, -0.25) is 19.3 Å². The van der Waals surface area contributed by atoms with Gasteiger partial charge in [-0.2, -0.15) is 0 Å². The van der Waals surface area contributed by atoms with Crippen LogP contribution in [0.5, 0.6) is 5.75 Å². The Morgan fingerprint density at radius 3 is 2.10 bits per heavy atom. The molecule has 0 unspecified atom stereocenters. The molecule has 1 aliphatic rings. The lowest BCUT2D eigenvalue weighted by Crippen LogP contribution is -2.31. The van der Waals surface area contributed by atoms with Crippen LogP contribution in [0.15, 0.2) is 54.7 Å². The third kappa shape index (κ3) is 4.54. The second-order valence-electron chi connectivity index (χ2n) is 7.10. The van der Waals surface area contributed by atoms with Gasteiger partial charge in [-0.15, -0.1) is 0 Å². The molecule has 0 N–H and O–H groups in total. The fourth-order valence-corrected chi connectivity index (χ4v) is 3.21. The Hall–Kier alpha value is -3.41. The van der Waals surface area contributed by atoms with Crippen LogP contribution in [-0.4, -0.2) is 54.6 Å². The van der Waals surface area contributed by atoms with Crippen LogP contribution in [0, 0.1) is 0 Å². The number of carbonyl (C=O) groups is 3. The fourth-order valence-electron chi connectivity index (χ4n) is 3.21. The summed E-state index contributed by atoms with van der Waals surface area (Å²) in [6.07, 6.45) is 2.33. The number of carbonyl (C=O) groups excluding carboxylic acids is 3. The maximum Gasteiger partial charge on any atom is 0.261 e. The number of ketones is 1. The molecular weight excluding hydrogens is 368 g/mol. The highest BCUT2D eigenvalue weighted by Crippen LogP contribution is 2.23. The third-order valence-electron chi connectivity index (χ3n) is 4.60. The maximum atomic E-state index is 12.3. The number of imide groups is 1. The summed E-state index contributed by atoms with van der Waals surface area (Å²) in [6, 6.07) is 14.2. The number of fused-ring (bicyclic) bond motifs is 1. The Bertz CT molecular complexity index is 926. The molecule has 0 radical (unpaired) electrons. The average Bonchev–Trinajstić information content (AvgIpc) is 2.94. The summed E-state index contributed by atoms with van der Waals surface area (Å²) in [5, 5.41) is 0. The van der Waals surface area contributed by atoms with Gasteiger partial charge in [0.1, 0.15) is 5.75 Å². The first-order valence-electron chi connectivity index (χ1n) is 9.46. The van der Waals surface area contributed by atoms with Crippen molar-refractivity contribution in [2.75, 3.05) is 27.2 Å². The number of hydrogen-bond donors (Lipinski definition) is 0. The second-order valence-corrected chi connectivity index (χ2v) is 7.10. The SMILES string of the molecule is CC(=O)C(=CN(C)C)c1ccc(OCCCN2C(=O)c3ccccc3C2=O)cc1. The van der Waals surface area contributed by atoms with Gasteiger partial charge in [0.2, 0.25) is 0 Å². The second kappa shape index (κ2) is 8.73. The Labute approximate surface area is 170 Å². The van der Waals surface area contributed by atoms with Crippen LogP contribution in [0.2, 0.25) is 0 Å². The van der Waals surface area contributed by atoms with E-state index in [0.29, 0.717) is 42.0 Å². The molecule has 1 aliphatic heterocycles. The molecule has 0 saturated carbocycles. The lowest BCUT2D eigenvalue weighted by atomic mass is 10.0. The molecule has 0 atom stereocenters. The van der Waals surface area contributed by atoms with E-state index in [4.69, 9.17) is 4.74 Å². The van der Waals surface area contributed by atoms with Crippen molar-refractivity contribution in [3.63, 3.8) is 0 Å². The molecule has 6 nitrogen and oxygen atoms in total. The number of allylic oxidation sites excluding steroid dienone is 1. The number of benzene rings is 2. The largest absolute Gasteiger partial charge is 0.494 e. The van der Waals surface area contributed by atoms with E-state index in [-0.39, 0.29) is 17.6 Å². The van der Waals surface area contributed by atoms with Crippen LogP contribution in [0.4, 0.5) is 0 Å². The van der Waals surface area contributed by atoms with Gasteiger partial charge in [0.15, 0.2) is 5.78 Å². The highest BCUT2D eigenvalue weighted by molar-refractivity contribution is 6.21. The van der Waals surface area contributed by atoms with E-state index in [9.17, 15) is 14.4 Å². The predicted molar refractivity (Wildman–Crippen MR) is 111 cm³/mol. The normalized spacial score (nSPS) is 13.5. The van der Waals surface area contributed by atoms with Crippen molar-refractivity contribution in [3.05, 3.63) is 71.4 Å². The van der Waals surface area contributed by atoms with Crippen molar-refractivity contribution in [3.8, 4) is 5.75 Å². The monoisotopic (exact) mass is 392 g/mol. The molecular formula is C23H24N2O4. The van der Waals surface area contributed by atoms with E-state index in [1.807, 2.05) is 43.3 Å². The van der Waals surface area contributed by atoms with Crippen molar-refractivity contribution < 1.29 is 19.1 Å². The molecule has 0 saturated heterocycles. The van der Waals surface area contributed by atoms with Crippen molar-refractivity contribution in [2.24, 2.45) is 0 Å². The van der Waals surface area contributed by atoms with Crippen LogP contribution >= 0.6 is 0 Å². The highest BCUT2D eigenvalue weighted by Gasteiger charge is 2.34. The Morgan fingerprint density at radius 2 is 1.59 bits per heavy atom. The number of hydrogen-bond acceptors (Lipinski definition) is 5. The number of ether oxygens (including phenoxy) is 1. The lowest BCUT2D eigenvalue weighted by Gasteiger charge is -2.14. The van der Waals surface area contributed by atoms with Gasteiger partial charge in [0.25, 0.3) is 11.8 Å². The van der Waals surface area contributed by atoms with Gasteiger partial charge >= 0.3 is 0 Å². The van der Waals surface area contributed by atoms with E-state index >= 15 is 0 Å². The molecule has 2 amide bonds. The van der Waals surface area contributed by atoms with E-state index < -0.39 is 0 Å². The van der Waals surface area contributed by atoms with Gasteiger partial charge in [0, 0.05) is 32.4 Å². The summed E-state index contributed by atoms with van der Waals surface area (Å²) < 4.78 is 5.73. The van der Waals surface area contributed by atoms with Crippen LogP contribution in [0.1, 0.15) is 39.6 Å². The zero-order chi connectivity index (χ0) is 21.0. The van der Waals surface area contributed by atoms with Crippen molar-refractivity contribution in [1.82, 2.24) is 9.80 Å². The topological polar surface area (TPSA) is 66.9 Å². The smallest absolute Gasteiger partial charge is 0.261 e. The minimum absolute atomic E-state index is 0.00619. The summed E-state index contributed by atoms with van der Waals surface area (Å²) in [4.78, 5) is 39.6. The fraction of sp³-hybridized carbons (Fsp3) is 0.261. The standard InChI is InChI=1S/C23H24N2O4/c1-16(26)21(15-24(2)3)17-9-11-18(12-10-17)29-14-6-13-25-22(27)19-7-4-5-8-20(19)23(25)28/h4-5,7-12,15H,6,13-14H2,1-3H3. The minimum atomic E-state index is -0.251. The van der Waals surface area contributed by atoms with Gasteiger partial charge in [-0.25, -0.2) is 0 Å². The maximum absolute atomic E-state index is 12.3. The first-order valence-corrected chi connectivity index (χ1v) is 9.46. The number of nitrogens with zero attached hydrogens (tertiary/aromatic N) is 2. The number of rotatable bonds is 8. The zero-order valence-corrected chi connectivity index (χ0v) is 16.8. The summed E-state index contributed by atoms with van der Waals surface area (Å²) >= 11 is 0. The average molecular weight is 392 g/mol. The molecule has 2 aromatic carbocycles. The zero-order valence-electron chi connectivity index (χ0n) is 16.8. The summed E-state index contributed by atoms with van der Waals surface area (Å²) in [6.45, 7) is 2.23. The first kappa shape index (κ1) is 20.3. The first-order chi connectivity index (χ1) is 13.9. The summed E-state index contributed by atoms with van der Waals surface area (Å²) in [5.41, 5.74) is 2.37. The van der Waals surface area contributed by atoms with E-state index in [0.717, 1.165) is 5.56 Å². The molecule has 3 rings (SSSR count). The minimum Gasteiger partial charge on any atom is -0.494 e. The lowest BCUT2D eigenvalue weighted by molar-refractivity contribution is -0.111. The molecule has 0 spiro atoms. The van der Waals surface area contributed by atoms with Crippen LogP contribution < -0.4 is 4.74 Å². The van der Waals surface area contributed by atoms with Gasteiger partial charge < -0.3 is 9.64 Å². The van der Waals surface area contributed by atoms with Crippen molar-refractivity contribution >= 4 is 23.2 Å². The van der Waals surface area contributed by atoms with Crippen molar-refractivity contribution in [2.45, 2.75) is 13.3 Å². The number of Topliss-reactive ketones (excluding diaryl/α,β-unsaturated/α-hetero) is 1. The molecule has 0 aliphatic carbocycles. The molecule has 0 aromatic heterocycles. The summed E-state index contributed by atoms with van der Waals surface area (Å²) in [5.74, 6) is 0.163. The quantitative estimate of drug-likeness (QED) is 0.392. The molecule has 2 aromatic rings. The Kier molecular flexibility index (Phi) is 6.12. The third-order valence-corrected chi connectivity index (χ3v) is 4.60. The van der Waals surface area contributed by atoms with Crippen LogP contribution in [-0.2, 0) is 4.79 Å². The molecule has 150 valence electrons. The highest BCUT2D eigenvalue weighted by atomic mass is 16.5. The van der Waals surface area contributed by atoms with Gasteiger partial charge in [0.05, 0.1) is 17.7 Å². The molecule has 29 heavy (non-hydrogen) atoms. The Morgan fingerprint density at radius 1 is 1.00 bits per heavy atom. The Balaban J connectivity index is 1.54. The van der Waals surface area contributed by atoms with E-state index in [2.05, 4.69) is 0 Å². The van der Waals surface area contributed by atoms with Gasteiger partial charge in [-0.1, -0.05) is 24.3 Å². The molecule has 6 heteroatoms. The number of amides is 2. The van der Waals surface area contributed by atoms with E-state index in [1.165, 1.54) is 4.90 Å². The molecule has 1 heterocycles. The molecule has 0 bridgehead atoms. The van der Waals surface area contributed by atoms with Crippen molar-refractivity contribution in [1.29, 1.82) is 0 Å². The molecule has 0 fully saturated rings. The predicted octanol–water partition coefficient (Wildman–Crippen LogP) is 3.24. The van der Waals surface area contributed by atoms with Gasteiger partial charge in [-0.05, 0) is 43.2 Å². The van der Waals surface area contributed by atoms with Crippen LogP contribution in [0.3, 0.4) is 0 Å².